The van der Waals surface area contributed by atoms with Gasteiger partial charge in [-0.05, 0) is 12.1 Å². The summed E-state index contributed by atoms with van der Waals surface area (Å²) in [4.78, 5) is 2.05. The second kappa shape index (κ2) is 3.67. The Bertz CT molecular complexity index is 343. The highest BCUT2D eigenvalue weighted by atomic mass is 35.5. The Labute approximate surface area is 87.9 Å². The lowest BCUT2D eigenvalue weighted by molar-refractivity contribution is 0.113. The lowest BCUT2D eigenvalue weighted by atomic mass is 10.2. The van der Waals surface area contributed by atoms with Crippen molar-refractivity contribution in [2.75, 3.05) is 25.1 Å². The second-order valence-electron chi connectivity index (χ2n) is 3.42. The van der Waals surface area contributed by atoms with Gasteiger partial charge in [-0.15, -0.1) is 0 Å². The van der Waals surface area contributed by atoms with Crippen LogP contribution in [0.2, 0.25) is 5.02 Å². The second-order valence-corrected chi connectivity index (χ2v) is 3.85. The summed E-state index contributed by atoms with van der Waals surface area (Å²) in [7, 11) is 1.97. The van der Waals surface area contributed by atoms with Crippen LogP contribution in [0.15, 0.2) is 18.2 Å². The Morgan fingerprint density at radius 2 is 2.43 bits per heavy atom. The smallest absolute Gasteiger partial charge is 0.144 e. The zero-order valence-corrected chi connectivity index (χ0v) is 8.66. The van der Waals surface area contributed by atoms with Crippen molar-refractivity contribution in [3.63, 3.8) is 0 Å². The van der Waals surface area contributed by atoms with Gasteiger partial charge < -0.3 is 14.7 Å². The van der Waals surface area contributed by atoms with Crippen molar-refractivity contribution in [3.8, 4) is 5.75 Å². The maximum absolute atomic E-state index is 9.02. The van der Waals surface area contributed by atoms with Crippen molar-refractivity contribution in [1.29, 1.82) is 0 Å². The fourth-order valence-corrected chi connectivity index (χ4v) is 1.78. The van der Waals surface area contributed by atoms with E-state index in [4.69, 9.17) is 21.4 Å². The molecule has 0 amide bonds. The van der Waals surface area contributed by atoms with Gasteiger partial charge in [0.2, 0.25) is 0 Å². The molecule has 0 aliphatic carbocycles. The molecule has 1 aliphatic heterocycles. The van der Waals surface area contributed by atoms with Gasteiger partial charge in [0.25, 0.3) is 0 Å². The third kappa shape index (κ3) is 1.65. The summed E-state index contributed by atoms with van der Waals surface area (Å²) < 4.78 is 5.56. The van der Waals surface area contributed by atoms with Crippen LogP contribution in [-0.2, 0) is 0 Å². The molecule has 2 rings (SSSR count). The first kappa shape index (κ1) is 9.62. The van der Waals surface area contributed by atoms with Gasteiger partial charge in [0, 0.05) is 18.1 Å². The van der Waals surface area contributed by atoms with Crippen molar-refractivity contribution in [3.05, 3.63) is 23.2 Å². The van der Waals surface area contributed by atoms with Gasteiger partial charge in [-0.25, -0.2) is 0 Å². The minimum absolute atomic E-state index is 0.0241. The molecule has 1 unspecified atom stereocenters. The van der Waals surface area contributed by atoms with E-state index in [2.05, 4.69) is 4.90 Å². The first-order valence-electron chi connectivity index (χ1n) is 4.49. The molecule has 3 nitrogen and oxygen atoms in total. The summed E-state index contributed by atoms with van der Waals surface area (Å²) in [5, 5.41) is 9.67. The van der Waals surface area contributed by atoms with Crippen LogP contribution in [0.4, 0.5) is 5.69 Å². The Hall–Kier alpha value is -0.930. The molecule has 1 aromatic carbocycles. The van der Waals surface area contributed by atoms with Crippen LogP contribution < -0.4 is 9.64 Å². The van der Waals surface area contributed by atoms with Crippen molar-refractivity contribution in [2.24, 2.45) is 0 Å². The van der Waals surface area contributed by atoms with Gasteiger partial charge in [-0.1, -0.05) is 11.6 Å². The van der Waals surface area contributed by atoms with E-state index >= 15 is 0 Å². The van der Waals surface area contributed by atoms with E-state index in [0.29, 0.717) is 11.6 Å². The predicted octanol–water partition coefficient (Wildman–Crippen LogP) is 1.53. The minimum atomic E-state index is -0.161. The summed E-state index contributed by atoms with van der Waals surface area (Å²) in [6.45, 7) is 0.724. The van der Waals surface area contributed by atoms with E-state index in [1.807, 2.05) is 19.2 Å². The largest absolute Gasteiger partial charge is 0.484 e. The lowest BCUT2D eigenvalue weighted by Crippen LogP contribution is -2.39. The SMILES string of the molecule is CN1CC(CO)Oc2cc(Cl)ccc21. The number of hydrogen-bond acceptors (Lipinski definition) is 3. The molecule has 1 aromatic rings. The number of benzene rings is 1. The van der Waals surface area contributed by atoms with E-state index in [9.17, 15) is 0 Å². The standard InChI is InChI=1S/C10H12ClNO2/c1-12-5-8(6-13)14-10-4-7(11)2-3-9(10)12/h2-4,8,13H,5-6H2,1H3. The number of ether oxygens (including phenoxy) is 1. The molecular formula is C10H12ClNO2. The van der Waals surface area contributed by atoms with Gasteiger partial charge in [0.05, 0.1) is 18.8 Å². The number of aliphatic hydroxyl groups is 1. The fourth-order valence-electron chi connectivity index (χ4n) is 1.61. The number of fused-ring (bicyclic) bond motifs is 1. The normalized spacial score (nSPS) is 20.2. The van der Waals surface area contributed by atoms with Gasteiger partial charge in [-0.3, -0.25) is 0 Å². The molecular weight excluding hydrogens is 202 g/mol. The van der Waals surface area contributed by atoms with Crippen molar-refractivity contribution in [1.82, 2.24) is 0 Å². The molecule has 1 N–H and O–H groups in total. The number of rotatable bonds is 1. The predicted molar refractivity (Wildman–Crippen MR) is 56.2 cm³/mol. The summed E-state index contributed by atoms with van der Waals surface area (Å²) in [6, 6.07) is 5.53. The van der Waals surface area contributed by atoms with Crippen LogP contribution in [0.5, 0.6) is 5.75 Å². The molecule has 0 aromatic heterocycles. The zero-order chi connectivity index (χ0) is 10.1. The van der Waals surface area contributed by atoms with E-state index in [0.717, 1.165) is 11.4 Å². The monoisotopic (exact) mass is 213 g/mol. The number of anilines is 1. The summed E-state index contributed by atoms with van der Waals surface area (Å²) in [5.74, 6) is 0.741. The first-order valence-corrected chi connectivity index (χ1v) is 4.86. The average Bonchev–Trinajstić information content (AvgIpc) is 2.16. The van der Waals surface area contributed by atoms with Crippen molar-refractivity contribution < 1.29 is 9.84 Å². The highest BCUT2D eigenvalue weighted by Gasteiger charge is 2.22. The Morgan fingerprint density at radius 1 is 1.64 bits per heavy atom. The zero-order valence-electron chi connectivity index (χ0n) is 7.90. The van der Waals surface area contributed by atoms with Gasteiger partial charge >= 0.3 is 0 Å². The van der Waals surface area contributed by atoms with Crippen LogP contribution in [0, 0.1) is 0 Å². The van der Waals surface area contributed by atoms with E-state index < -0.39 is 0 Å². The molecule has 76 valence electrons. The molecule has 4 heteroatoms. The topological polar surface area (TPSA) is 32.7 Å². The fraction of sp³-hybridized carbons (Fsp3) is 0.400. The number of hydrogen-bond donors (Lipinski definition) is 1. The van der Waals surface area contributed by atoms with Crippen molar-refractivity contribution >= 4 is 17.3 Å². The average molecular weight is 214 g/mol. The lowest BCUT2D eigenvalue weighted by Gasteiger charge is -2.32. The number of halogens is 1. The van der Waals surface area contributed by atoms with Gasteiger partial charge in [0.15, 0.2) is 0 Å². The molecule has 0 spiro atoms. The molecule has 0 saturated carbocycles. The molecule has 0 bridgehead atoms. The molecule has 1 heterocycles. The van der Waals surface area contributed by atoms with E-state index in [1.165, 1.54) is 0 Å². The highest BCUT2D eigenvalue weighted by molar-refractivity contribution is 6.30. The first-order chi connectivity index (χ1) is 6.70. The molecule has 14 heavy (non-hydrogen) atoms. The molecule has 1 aliphatic rings. The number of nitrogens with zero attached hydrogens (tertiary/aromatic N) is 1. The quantitative estimate of drug-likeness (QED) is 0.768. The summed E-state index contributed by atoms with van der Waals surface area (Å²) in [6.07, 6.45) is -0.161. The van der Waals surface area contributed by atoms with Crippen molar-refractivity contribution in [2.45, 2.75) is 6.10 Å². The molecule has 0 radical (unpaired) electrons. The minimum Gasteiger partial charge on any atom is -0.484 e. The molecule has 0 fully saturated rings. The van der Waals surface area contributed by atoms with E-state index in [-0.39, 0.29) is 12.7 Å². The molecule has 0 saturated heterocycles. The third-order valence-electron chi connectivity index (χ3n) is 2.31. The van der Waals surface area contributed by atoms with Crippen LogP contribution in [0.25, 0.3) is 0 Å². The van der Waals surface area contributed by atoms with Gasteiger partial charge in [-0.2, -0.15) is 0 Å². The maximum Gasteiger partial charge on any atom is 0.144 e. The van der Waals surface area contributed by atoms with Crippen LogP contribution >= 0.6 is 11.6 Å². The Balaban J connectivity index is 2.35. The maximum atomic E-state index is 9.02. The highest BCUT2D eigenvalue weighted by Crippen LogP contribution is 2.34. The summed E-state index contributed by atoms with van der Waals surface area (Å²) >= 11 is 5.85. The van der Waals surface area contributed by atoms with Crippen LogP contribution in [-0.4, -0.2) is 31.4 Å². The van der Waals surface area contributed by atoms with E-state index in [1.54, 1.807) is 6.07 Å². The third-order valence-corrected chi connectivity index (χ3v) is 2.54. The Morgan fingerprint density at radius 3 is 3.14 bits per heavy atom. The number of likely N-dealkylation sites (N-methyl/N-ethyl adjacent to an activating group) is 1. The van der Waals surface area contributed by atoms with Crippen LogP contribution in [0.3, 0.4) is 0 Å². The van der Waals surface area contributed by atoms with Crippen LogP contribution in [0.1, 0.15) is 0 Å². The Kier molecular flexibility index (Phi) is 2.52. The number of aliphatic hydroxyl groups excluding tert-OH is 1. The summed E-state index contributed by atoms with van der Waals surface area (Å²) in [5.41, 5.74) is 1.01. The van der Waals surface area contributed by atoms with Gasteiger partial charge in [0.1, 0.15) is 11.9 Å². The molecule has 1 atom stereocenters.